The highest BCUT2D eigenvalue weighted by molar-refractivity contribution is 7.90. The Balaban J connectivity index is 2.49. The van der Waals surface area contributed by atoms with Crippen LogP contribution in [-0.4, -0.2) is 31.3 Å². The topological polar surface area (TPSA) is 159 Å². The van der Waals surface area contributed by atoms with Crippen molar-refractivity contribution in [2.24, 2.45) is 0 Å². The average Bonchev–Trinajstić information content (AvgIpc) is 2.60. The number of rotatable bonds is 6. The summed E-state index contributed by atoms with van der Waals surface area (Å²) in [5.74, 6) is -1.24. The number of para-hydroxylation sites is 1. The van der Waals surface area contributed by atoms with Crippen molar-refractivity contribution in [1.82, 2.24) is 4.72 Å². The second-order valence-corrected chi connectivity index (χ2v) is 6.90. The minimum Gasteiger partial charge on any atom is -0.497 e. The molecule has 0 unspecified atom stereocenters. The maximum atomic E-state index is 12.5. The molecule has 2 rings (SSSR count). The number of amides is 1. The van der Waals surface area contributed by atoms with Gasteiger partial charge in [-0.2, -0.15) is 0 Å². The van der Waals surface area contributed by atoms with Gasteiger partial charge in [0, 0.05) is 5.56 Å². The summed E-state index contributed by atoms with van der Waals surface area (Å²) >= 11 is 0. The number of nitro groups is 2. The lowest BCUT2D eigenvalue weighted by molar-refractivity contribution is -0.387. The van der Waals surface area contributed by atoms with Crippen molar-refractivity contribution >= 4 is 27.3 Å². The third kappa shape index (κ3) is 4.00. The molecule has 142 valence electrons. The Labute approximate surface area is 152 Å². The van der Waals surface area contributed by atoms with E-state index in [1.807, 2.05) is 0 Å². The molecule has 0 atom stereocenters. The Hall–Kier alpha value is -3.54. The van der Waals surface area contributed by atoms with Crippen LogP contribution in [-0.2, 0) is 10.0 Å². The zero-order chi connectivity index (χ0) is 20.4. The van der Waals surface area contributed by atoms with Gasteiger partial charge in [-0.25, -0.2) is 13.1 Å². The minimum atomic E-state index is -4.68. The molecule has 0 aromatic heterocycles. The maximum Gasteiger partial charge on any atom is 0.293 e. The normalized spacial score (nSPS) is 10.9. The van der Waals surface area contributed by atoms with Gasteiger partial charge in [-0.3, -0.25) is 25.0 Å². The van der Waals surface area contributed by atoms with Crippen LogP contribution in [0.2, 0.25) is 0 Å². The first-order valence-corrected chi connectivity index (χ1v) is 8.70. The molecular formula is C15H13N3O8S. The first kappa shape index (κ1) is 19.8. The second kappa shape index (κ2) is 7.37. The highest BCUT2D eigenvalue weighted by atomic mass is 32.2. The predicted molar refractivity (Wildman–Crippen MR) is 92.1 cm³/mol. The van der Waals surface area contributed by atoms with Crippen LogP contribution in [0.15, 0.2) is 41.3 Å². The van der Waals surface area contributed by atoms with Crippen LogP contribution in [0.1, 0.15) is 15.9 Å². The number of carbonyl (C=O) groups excluding carboxylic acids is 1. The minimum absolute atomic E-state index is 0.0429. The monoisotopic (exact) mass is 395 g/mol. The fourth-order valence-electron chi connectivity index (χ4n) is 2.31. The van der Waals surface area contributed by atoms with Crippen LogP contribution < -0.4 is 9.46 Å². The van der Waals surface area contributed by atoms with E-state index in [1.165, 1.54) is 32.2 Å². The van der Waals surface area contributed by atoms with E-state index < -0.39 is 47.6 Å². The van der Waals surface area contributed by atoms with Gasteiger partial charge in [0.25, 0.3) is 27.3 Å². The van der Waals surface area contributed by atoms with Crippen molar-refractivity contribution in [3.63, 3.8) is 0 Å². The number of hydrogen-bond acceptors (Lipinski definition) is 8. The number of nitro benzene ring substituents is 2. The summed E-state index contributed by atoms with van der Waals surface area (Å²) in [7, 11) is -3.44. The van der Waals surface area contributed by atoms with Crippen LogP contribution in [0, 0.1) is 27.2 Å². The van der Waals surface area contributed by atoms with E-state index in [9.17, 15) is 33.4 Å². The van der Waals surface area contributed by atoms with E-state index in [4.69, 9.17) is 4.74 Å². The van der Waals surface area contributed by atoms with Crippen molar-refractivity contribution < 1.29 is 27.8 Å². The SMILES string of the molecule is COc1ccc(S(=O)(=O)NC(=O)c2cccc(C)c2[N+](=O)[O-])c([N+](=O)[O-])c1. The van der Waals surface area contributed by atoms with E-state index in [2.05, 4.69) is 0 Å². The van der Waals surface area contributed by atoms with Crippen LogP contribution in [0.25, 0.3) is 0 Å². The lowest BCUT2D eigenvalue weighted by Gasteiger charge is -2.09. The highest BCUT2D eigenvalue weighted by Gasteiger charge is 2.31. The fourth-order valence-corrected chi connectivity index (χ4v) is 3.43. The number of ether oxygens (including phenoxy) is 1. The Kier molecular flexibility index (Phi) is 5.40. The molecule has 0 saturated heterocycles. The largest absolute Gasteiger partial charge is 0.497 e. The molecule has 0 bridgehead atoms. The number of methoxy groups -OCH3 is 1. The summed E-state index contributed by atoms with van der Waals surface area (Å²) in [5, 5.41) is 22.3. The van der Waals surface area contributed by atoms with E-state index in [0.717, 1.165) is 18.2 Å². The van der Waals surface area contributed by atoms with E-state index in [1.54, 1.807) is 4.72 Å². The van der Waals surface area contributed by atoms with Crippen molar-refractivity contribution in [3.05, 3.63) is 67.8 Å². The Morgan fingerprint density at radius 1 is 1.11 bits per heavy atom. The molecule has 0 aliphatic rings. The van der Waals surface area contributed by atoms with Crippen molar-refractivity contribution in [2.75, 3.05) is 7.11 Å². The Morgan fingerprint density at radius 2 is 1.78 bits per heavy atom. The quantitative estimate of drug-likeness (QED) is 0.574. The van der Waals surface area contributed by atoms with Gasteiger partial charge >= 0.3 is 0 Å². The molecular weight excluding hydrogens is 382 g/mol. The molecule has 12 heteroatoms. The molecule has 2 aromatic rings. The van der Waals surface area contributed by atoms with Gasteiger partial charge in [-0.1, -0.05) is 12.1 Å². The number of sulfonamides is 1. The maximum absolute atomic E-state index is 12.5. The summed E-state index contributed by atoms with van der Waals surface area (Å²) in [6, 6.07) is 6.77. The van der Waals surface area contributed by atoms with Crippen LogP contribution >= 0.6 is 0 Å². The summed E-state index contributed by atoms with van der Waals surface area (Å²) in [6.45, 7) is 1.39. The number of carbonyl (C=O) groups is 1. The molecule has 1 N–H and O–H groups in total. The molecule has 0 fully saturated rings. The first-order chi connectivity index (χ1) is 12.6. The molecule has 0 aliphatic carbocycles. The van der Waals surface area contributed by atoms with E-state index in [-0.39, 0.29) is 11.3 Å². The van der Waals surface area contributed by atoms with Gasteiger partial charge < -0.3 is 4.74 Å². The number of aryl methyl sites for hydroxylation is 1. The molecule has 0 saturated carbocycles. The smallest absolute Gasteiger partial charge is 0.293 e. The number of hydrogen-bond donors (Lipinski definition) is 1. The highest BCUT2D eigenvalue weighted by Crippen LogP contribution is 2.29. The van der Waals surface area contributed by atoms with Gasteiger partial charge in [0.05, 0.1) is 23.0 Å². The average molecular weight is 395 g/mol. The third-order valence-electron chi connectivity index (χ3n) is 3.54. The van der Waals surface area contributed by atoms with Gasteiger partial charge in [-0.15, -0.1) is 0 Å². The summed E-state index contributed by atoms with van der Waals surface area (Å²) in [5.41, 5.74) is -1.71. The van der Waals surface area contributed by atoms with Crippen molar-refractivity contribution in [1.29, 1.82) is 0 Å². The van der Waals surface area contributed by atoms with Gasteiger partial charge in [0.1, 0.15) is 11.3 Å². The Morgan fingerprint density at radius 3 is 2.33 bits per heavy atom. The van der Waals surface area contributed by atoms with Crippen LogP contribution in [0.4, 0.5) is 11.4 Å². The molecule has 1 amide bonds. The first-order valence-electron chi connectivity index (χ1n) is 7.22. The van der Waals surface area contributed by atoms with Crippen LogP contribution in [0.3, 0.4) is 0 Å². The predicted octanol–water partition coefficient (Wildman–Crippen LogP) is 1.94. The summed E-state index contributed by atoms with van der Waals surface area (Å²) in [6.07, 6.45) is 0. The Bertz CT molecular complexity index is 1050. The molecule has 0 heterocycles. The van der Waals surface area contributed by atoms with E-state index in [0.29, 0.717) is 0 Å². The van der Waals surface area contributed by atoms with Gasteiger partial charge in [0.2, 0.25) is 0 Å². The van der Waals surface area contributed by atoms with Crippen molar-refractivity contribution in [2.45, 2.75) is 11.8 Å². The molecule has 0 spiro atoms. The zero-order valence-electron chi connectivity index (χ0n) is 14.0. The number of benzene rings is 2. The molecule has 11 nitrogen and oxygen atoms in total. The lowest BCUT2D eigenvalue weighted by atomic mass is 10.1. The van der Waals surface area contributed by atoms with E-state index >= 15 is 0 Å². The summed E-state index contributed by atoms with van der Waals surface area (Å²) < 4.78 is 31.4. The van der Waals surface area contributed by atoms with Gasteiger partial charge in [-0.05, 0) is 25.1 Å². The summed E-state index contributed by atoms with van der Waals surface area (Å²) in [4.78, 5) is 32.1. The number of nitrogens with one attached hydrogen (secondary N) is 1. The standard InChI is InChI=1S/C15H13N3O8S/c1-9-4-3-5-11(14(9)18(22)23)15(19)16-27(24,25)13-7-6-10(26-2)8-12(13)17(20)21/h3-8H,1-2H3,(H,16,19). The van der Waals surface area contributed by atoms with Crippen LogP contribution in [0.5, 0.6) is 5.75 Å². The van der Waals surface area contributed by atoms with Crippen molar-refractivity contribution in [3.8, 4) is 5.75 Å². The molecule has 2 aromatic carbocycles. The molecule has 27 heavy (non-hydrogen) atoms. The second-order valence-electron chi connectivity index (χ2n) is 5.25. The fraction of sp³-hybridized carbons (Fsp3) is 0.133. The number of nitrogens with zero attached hydrogens (tertiary/aromatic N) is 2. The third-order valence-corrected chi connectivity index (χ3v) is 4.92. The molecule has 0 radical (unpaired) electrons. The van der Waals surface area contributed by atoms with Gasteiger partial charge in [0.15, 0.2) is 4.90 Å². The lowest BCUT2D eigenvalue weighted by Crippen LogP contribution is -2.31. The zero-order valence-corrected chi connectivity index (χ0v) is 14.8. The molecule has 0 aliphatic heterocycles.